The zero-order valence-corrected chi connectivity index (χ0v) is 22.7. The zero-order valence-electron chi connectivity index (χ0n) is 21.1. The highest BCUT2D eigenvalue weighted by molar-refractivity contribution is 7.99. The number of hydrogen-bond acceptors (Lipinski definition) is 7. The minimum absolute atomic E-state index is 0.0693. The summed E-state index contributed by atoms with van der Waals surface area (Å²) in [5.74, 6) is 0.524. The first-order chi connectivity index (χ1) is 18.6. The third-order valence-electron chi connectivity index (χ3n) is 6.13. The van der Waals surface area contributed by atoms with E-state index in [1.807, 2.05) is 67.6 Å². The molecule has 4 aromatic rings. The second-order valence-electron chi connectivity index (χ2n) is 8.72. The van der Waals surface area contributed by atoms with Crippen molar-refractivity contribution in [1.82, 2.24) is 15.0 Å². The summed E-state index contributed by atoms with van der Waals surface area (Å²) in [5.41, 5.74) is 5.32. The van der Waals surface area contributed by atoms with Gasteiger partial charge >= 0.3 is 0 Å². The summed E-state index contributed by atoms with van der Waals surface area (Å²) in [7, 11) is 0. The van der Waals surface area contributed by atoms with Gasteiger partial charge in [0.05, 0.1) is 23.4 Å². The molecule has 0 radical (unpaired) electrons. The van der Waals surface area contributed by atoms with Gasteiger partial charge in [-0.1, -0.05) is 48.2 Å². The van der Waals surface area contributed by atoms with Crippen LogP contribution in [0.1, 0.15) is 35.8 Å². The van der Waals surface area contributed by atoms with E-state index in [1.54, 1.807) is 22.0 Å². The van der Waals surface area contributed by atoms with E-state index >= 15 is 0 Å². The second-order valence-corrected chi connectivity index (χ2v) is 10.8. The van der Waals surface area contributed by atoms with Crippen LogP contribution in [0.3, 0.4) is 0 Å². The van der Waals surface area contributed by atoms with Crippen molar-refractivity contribution in [3.63, 3.8) is 0 Å². The Balaban J connectivity index is 1.38. The van der Waals surface area contributed by atoms with Crippen LogP contribution in [0, 0.1) is 0 Å². The summed E-state index contributed by atoms with van der Waals surface area (Å²) in [6.07, 6.45) is 9.31. The number of hydrogen-bond donors (Lipinski definition) is 1. The molecule has 1 aliphatic carbocycles. The molecule has 0 bridgehead atoms. The van der Waals surface area contributed by atoms with E-state index in [4.69, 9.17) is 9.72 Å². The van der Waals surface area contributed by atoms with Gasteiger partial charge in [-0.15, -0.1) is 11.3 Å². The molecule has 0 spiro atoms. The molecule has 38 heavy (non-hydrogen) atoms. The number of aryl methyl sites for hydroxylation is 2. The largest absolute Gasteiger partial charge is 0.494 e. The summed E-state index contributed by atoms with van der Waals surface area (Å²) in [6.45, 7) is 2.49. The van der Waals surface area contributed by atoms with Crippen molar-refractivity contribution >= 4 is 51.5 Å². The van der Waals surface area contributed by atoms with Crippen molar-refractivity contribution in [2.24, 2.45) is 5.10 Å². The second kappa shape index (κ2) is 12.2. The average Bonchev–Trinajstić information content (AvgIpc) is 3.32. The van der Waals surface area contributed by atoms with E-state index in [0.717, 1.165) is 47.4 Å². The number of fused-ring (bicyclic) bond motifs is 3. The van der Waals surface area contributed by atoms with E-state index in [-0.39, 0.29) is 17.2 Å². The molecule has 0 unspecified atom stereocenters. The quantitative estimate of drug-likeness (QED) is 0.128. The highest BCUT2D eigenvalue weighted by Gasteiger charge is 2.23. The summed E-state index contributed by atoms with van der Waals surface area (Å²) >= 11 is 2.83. The van der Waals surface area contributed by atoms with Gasteiger partial charge in [-0.05, 0) is 74.1 Å². The van der Waals surface area contributed by atoms with Crippen molar-refractivity contribution in [3.8, 4) is 11.4 Å². The molecule has 5 rings (SSSR count). The van der Waals surface area contributed by atoms with Crippen LogP contribution in [0.25, 0.3) is 22.0 Å². The summed E-state index contributed by atoms with van der Waals surface area (Å²) < 4.78 is 7.19. The maximum absolute atomic E-state index is 13.9. The van der Waals surface area contributed by atoms with Crippen LogP contribution >= 0.6 is 23.1 Å². The van der Waals surface area contributed by atoms with Gasteiger partial charge in [0.2, 0.25) is 0 Å². The number of hydrazone groups is 1. The molecule has 194 valence electrons. The zero-order chi connectivity index (χ0) is 26.3. The van der Waals surface area contributed by atoms with Crippen LogP contribution in [0.2, 0.25) is 0 Å². The number of amides is 1. The van der Waals surface area contributed by atoms with E-state index in [1.165, 1.54) is 22.9 Å². The van der Waals surface area contributed by atoms with Gasteiger partial charge in [0.15, 0.2) is 5.16 Å². The van der Waals surface area contributed by atoms with Crippen molar-refractivity contribution in [2.45, 2.75) is 37.8 Å². The van der Waals surface area contributed by atoms with Crippen molar-refractivity contribution in [2.75, 3.05) is 12.4 Å². The minimum atomic E-state index is -0.280. The Labute approximate surface area is 229 Å². The number of thiophene rings is 1. The first-order valence-electron chi connectivity index (χ1n) is 12.6. The Bertz CT molecular complexity index is 1540. The molecule has 2 heterocycles. The van der Waals surface area contributed by atoms with E-state index in [0.29, 0.717) is 22.8 Å². The molecule has 2 aromatic heterocycles. The van der Waals surface area contributed by atoms with E-state index in [2.05, 4.69) is 10.5 Å². The summed E-state index contributed by atoms with van der Waals surface area (Å²) in [6, 6.07) is 17.2. The van der Waals surface area contributed by atoms with Crippen LogP contribution in [0.15, 0.2) is 75.7 Å². The number of thioether (sulfide) groups is 1. The number of nitrogens with one attached hydrogen (secondary N) is 1. The third kappa shape index (κ3) is 5.89. The van der Waals surface area contributed by atoms with E-state index in [9.17, 15) is 9.59 Å². The highest BCUT2D eigenvalue weighted by atomic mass is 32.2. The minimum Gasteiger partial charge on any atom is -0.494 e. The van der Waals surface area contributed by atoms with Gasteiger partial charge in [-0.3, -0.25) is 14.2 Å². The molecule has 0 saturated heterocycles. The van der Waals surface area contributed by atoms with Gasteiger partial charge in [0, 0.05) is 11.1 Å². The molecule has 2 aromatic carbocycles. The lowest BCUT2D eigenvalue weighted by Gasteiger charge is -2.14. The van der Waals surface area contributed by atoms with Gasteiger partial charge in [0.25, 0.3) is 11.5 Å². The van der Waals surface area contributed by atoms with Crippen LogP contribution in [-0.2, 0) is 17.6 Å². The maximum atomic E-state index is 13.9. The lowest BCUT2D eigenvalue weighted by molar-refractivity contribution is -0.118. The first-order valence-corrected chi connectivity index (χ1v) is 14.4. The lowest BCUT2D eigenvalue weighted by Crippen LogP contribution is -2.24. The molecule has 1 amide bonds. The summed E-state index contributed by atoms with van der Waals surface area (Å²) in [5, 5.41) is 5.18. The van der Waals surface area contributed by atoms with Gasteiger partial charge in [0.1, 0.15) is 10.6 Å². The molecule has 1 aliphatic rings. The molecular weight excluding hydrogens is 516 g/mol. The number of ether oxygens (including phenoxy) is 1. The summed E-state index contributed by atoms with van der Waals surface area (Å²) in [4.78, 5) is 33.3. The third-order valence-corrected chi connectivity index (χ3v) is 8.26. The molecule has 0 atom stereocenters. The number of carbonyl (C=O) groups is 1. The Kier molecular flexibility index (Phi) is 8.35. The van der Waals surface area contributed by atoms with Gasteiger partial charge in [-0.25, -0.2) is 10.4 Å². The molecule has 0 fully saturated rings. The Morgan fingerprint density at radius 3 is 2.74 bits per heavy atom. The molecule has 1 N–H and O–H groups in total. The predicted octanol–water partition coefficient (Wildman–Crippen LogP) is 5.63. The monoisotopic (exact) mass is 544 g/mol. The standard InChI is InChI=1S/C29H28N4O3S2/c1-2-36-22-16-14-21(15-17-22)33-28(35)26-23-12-6-7-13-24(23)38-27(26)31-29(33)37-19-25(34)32-30-18-8-11-20-9-4-3-5-10-20/h3-5,8-11,14-18H,2,6-7,12-13,19H2,1H3,(H,32,34). The van der Waals surface area contributed by atoms with Crippen molar-refractivity contribution < 1.29 is 9.53 Å². The fraction of sp³-hybridized carbons (Fsp3) is 0.241. The number of carbonyl (C=O) groups excluding carboxylic acids is 1. The van der Waals surface area contributed by atoms with E-state index < -0.39 is 0 Å². The smallest absolute Gasteiger partial charge is 0.267 e. The van der Waals surface area contributed by atoms with Gasteiger partial charge < -0.3 is 4.74 Å². The fourth-order valence-corrected chi connectivity index (χ4v) is 6.51. The average molecular weight is 545 g/mol. The molecule has 9 heteroatoms. The highest BCUT2D eigenvalue weighted by Crippen LogP contribution is 2.35. The van der Waals surface area contributed by atoms with Crippen LogP contribution < -0.4 is 15.7 Å². The maximum Gasteiger partial charge on any atom is 0.267 e. The van der Waals surface area contributed by atoms with Crippen molar-refractivity contribution in [3.05, 3.63) is 87.0 Å². The van der Waals surface area contributed by atoms with Crippen LogP contribution in [0.5, 0.6) is 5.75 Å². The first kappa shape index (κ1) is 25.9. The number of aromatic nitrogens is 2. The molecule has 0 aliphatic heterocycles. The lowest BCUT2D eigenvalue weighted by atomic mass is 9.97. The fourth-order valence-electron chi connectivity index (χ4n) is 4.40. The van der Waals surface area contributed by atoms with Crippen LogP contribution in [0.4, 0.5) is 0 Å². The number of rotatable bonds is 9. The number of allylic oxidation sites excluding steroid dienone is 1. The van der Waals surface area contributed by atoms with Crippen molar-refractivity contribution in [1.29, 1.82) is 0 Å². The molecular formula is C29H28N4O3S2. The predicted molar refractivity (Wildman–Crippen MR) is 156 cm³/mol. The number of benzene rings is 2. The number of nitrogens with zero attached hydrogens (tertiary/aromatic N) is 3. The molecule has 7 nitrogen and oxygen atoms in total. The Morgan fingerprint density at radius 1 is 1.16 bits per heavy atom. The topological polar surface area (TPSA) is 85.6 Å². The normalized spacial score (nSPS) is 13.3. The Hall–Kier alpha value is -3.69. The van der Waals surface area contributed by atoms with Crippen LogP contribution in [-0.4, -0.2) is 34.0 Å². The SMILES string of the molecule is CCOc1ccc(-n2c(SCC(=O)NN=CC=Cc3ccccc3)nc3sc4c(c3c2=O)CCCC4)cc1. The molecule has 0 saturated carbocycles. The Morgan fingerprint density at radius 2 is 1.95 bits per heavy atom. The van der Waals surface area contributed by atoms with Gasteiger partial charge in [-0.2, -0.15) is 5.10 Å².